The number of hydrogen-bond donors (Lipinski definition) is 7. The van der Waals surface area contributed by atoms with Gasteiger partial charge in [-0.1, -0.05) is 19.6 Å². The molecule has 236 valence electrons. The van der Waals surface area contributed by atoms with Crippen LogP contribution in [-0.4, -0.2) is 60.2 Å². The minimum absolute atomic E-state index is 0.0189. The van der Waals surface area contributed by atoms with Crippen LogP contribution in [0.25, 0.3) is 12.2 Å². The van der Waals surface area contributed by atoms with Crippen molar-refractivity contribution in [1.82, 2.24) is 20.9 Å². The van der Waals surface area contributed by atoms with Crippen LogP contribution in [-0.2, 0) is 32.6 Å². The fraction of sp³-hybridized carbons (Fsp3) is 0.485. The van der Waals surface area contributed by atoms with Crippen LogP contribution >= 0.6 is 0 Å². The van der Waals surface area contributed by atoms with Gasteiger partial charge in [-0.15, -0.1) is 0 Å². The van der Waals surface area contributed by atoms with E-state index in [-0.39, 0.29) is 53.3 Å². The molecule has 0 saturated carbocycles. The monoisotopic (exact) mass is 623 g/mol. The summed E-state index contributed by atoms with van der Waals surface area (Å²) in [6, 6.07) is -0.125. The molecule has 0 radical (unpaired) electrons. The number of aliphatic hydroxyl groups excluding tert-OH is 1. The molecule has 2 fully saturated rings. The van der Waals surface area contributed by atoms with E-state index in [1.165, 1.54) is 11.8 Å². The highest BCUT2D eigenvalue weighted by molar-refractivity contribution is 7.89. The van der Waals surface area contributed by atoms with E-state index in [4.69, 9.17) is 0 Å². The number of carbonyl (C=O) groups is 3. The summed E-state index contributed by atoms with van der Waals surface area (Å²) >= 11 is 1.22. The number of thiol groups is 1. The second kappa shape index (κ2) is 11.9. The van der Waals surface area contributed by atoms with Gasteiger partial charge in [-0.25, -0.2) is 0 Å². The lowest BCUT2D eigenvalue weighted by molar-refractivity contribution is -0.138. The van der Waals surface area contributed by atoms with Crippen molar-refractivity contribution >= 4 is 41.8 Å². The average molecular weight is 624 g/mol. The largest absolute Gasteiger partial charge is 0.495 e. The lowest BCUT2D eigenvalue weighted by atomic mass is 9.90. The van der Waals surface area contributed by atoms with Gasteiger partial charge in [-0.3, -0.25) is 14.4 Å². The first-order valence-electron chi connectivity index (χ1n) is 15.2. The maximum absolute atomic E-state index is 12.6. The Bertz CT molecular complexity index is 1550. The molecule has 5 rings (SSSR count). The minimum atomic E-state index is -0.892. The number of carboxylic acid groups (broad SMARTS) is 2. The van der Waals surface area contributed by atoms with Gasteiger partial charge in [0, 0.05) is 53.5 Å². The second-order valence-electron chi connectivity index (χ2n) is 12.4. The van der Waals surface area contributed by atoms with Gasteiger partial charge in [0.15, 0.2) is 11.1 Å². The number of allylic oxidation sites excluding steroid dienone is 2. The number of hydrogen-bond acceptors (Lipinski definition) is 6. The zero-order valence-corrected chi connectivity index (χ0v) is 26.8. The first kappa shape index (κ1) is 31.6. The first-order chi connectivity index (χ1) is 20.8. The van der Waals surface area contributed by atoms with Crippen molar-refractivity contribution < 1.29 is 29.7 Å². The zero-order valence-electron chi connectivity index (χ0n) is 25.9. The van der Waals surface area contributed by atoms with Crippen LogP contribution in [0.15, 0.2) is 46.7 Å². The van der Waals surface area contributed by atoms with Crippen LogP contribution in [0.4, 0.5) is 0 Å². The van der Waals surface area contributed by atoms with Crippen molar-refractivity contribution in [3.05, 3.63) is 69.2 Å². The molecule has 1 aromatic heterocycles. The molecule has 0 bridgehead atoms. The summed E-state index contributed by atoms with van der Waals surface area (Å²) in [6.07, 6.45) is 6.89. The zero-order chi connectivity index (χ0) is 32.1. The Kier molecular flexibility index (Phi) is 8.54. The van der Waals surface area contributed by atoms with Crippen LogP contribution in [0, 0.1) is 18.8 Å². The van der Waals surface area contributed by atoms with E-state index in [0.29, 0.717) is 24.5 Å². The molecular formula is C33H43N4O6S+. The summed E-state index contributed by atoms with van der Waals surface area (Å²) < 4.78 is -0.210. The van der Waals surface area contributed by atoms with Crippen LogP contribution in [0.3, 0.4) is 0 Å². The van der Waals surface area contributed by atoms with Crippen LogP contribution in [0.2, 0.25) is 0 Å². The topological polar surface area (TPSA) is 164 Å². The third-order valence-electron chi connectivity index (χ3n) is 9.98. The summed E-state index contributed by atoms with van der Waals surface area (Å²) in [5, 5.41) is 39.6. The Morgan fingerprint density at radius 2 is 1.68 bits per heavy atom. The highest BCUT2D eigenvalue weighted by Crippen LogP contribution is 2.52. The standard InChI is InChI=1S/C33H42N4O6S/c1-7-20-15(2)24(36-32(20)43)12-23-16(3)21(8-10-29(38)39)26(34-23)13-27-22(9-11-30(40)41)17(4)25(35-27)14-28-33(19(6)44-33)18(5)31(42)37-28/h7,13-15,18-19,23-24,34-36,43H,1,8-12H2,2-6H3,(H,37,42)(H,38,39)(H,40,41)/p+1/b26-13-,28-14-/t15?,18-,19-,23?,24+,33+/m0/s1. The number of amides is 1. The van der Waals surface area contributed by atoms with E-state index in [1.807, 2.05) is 39.8 Å². The molecule has 10 nitrogen and oxygen atoms in total. The summed E-state index contributed by atoms with van der Waals surface area (Å²) in [5.41, 5.74) is 7.80. The van der Waals surface area contributed by atoms with Crippen molar-refractivity contribution in [3.63, 3.8) is 0 Å². The third-order valence-corrected chi connectivity index (χ3v) is 11.9. The van der Waals surface area contributed by atoms with E-state index in [1.54, 1.807) is 6.08 Å². The molecule has 2 saturated heterocycles. The SMILES string of the molecule is C=CC1=C(O)N[C@H](CC2N/C(=C\c3[nH]c(/C=C4\NC(=O)[C@H](C)[C@]45[SH+][C@H]5C)c(C)c3CCC(=O)O)C(CCC(=O)O)=C2C)C1C. The summed E-state index contributed by atoms with van der Waals surface area (Å²) in [6.45, 7) is 14.0. The number of rotatable bonds is 11. The molecule has 1 aromatic rings. The van der Waals surface area contributed by atoms with Gasteiger partial charge in [0.2, 0.25) is 10.7 Å². The number of carbonyl (C=O) groups excluding carboxylic acids is 1. The number of nitrogens with one attached hydrogen (secondary N) is 4. The molecule has 44 heavy (non-hydrogen) atoms. The van der Waals surface area contributed by atoms with Gasteiger partial charge in [-0.2, -0.15) is 0 Å². The first-order valence-corrected chi connectivity index (χ1v) is 16.1. The maximum Gasteiger partial charge on any atom is 0.303 e. The normalized spacial score (nSPS) is 31.2. The van der Waals surface area contributed by atoms with Crippen molar-refractivity contribution in [2.45, 2.75) is 88.8 Å². The molecular weight excluding hydrogens is 580 g/mol. The quantitative estimate of drug-likeness (QED) is 0.111. The Hall–Kier alpha value is -3.86. The fourth-order valence-corrected chi connectivity index (χ4v) is 8.65. The molecule has 1 spiro atoms. The molecule has 0 aliphatic carbocycles. The molecule has 5 heterocycles. The predicted octanol–water partition coefficient (Wildman–Crippen LogP) is 3.85. The Balaban J connectivity index is 1.51. The number of aromatic nitrogens is 1. The van der Waals surface area contributed by atoms with Crippen molar-refractivity contribution in [1.29, 1.82) is 0 Å². The smallest absolute Gasteiger partial charge is 0.303 e. The number of aromatic amines is 1. The van der Waals surface area contributed by atoms with Crippen molar-refractivity contribution in [2.75, 3.05) is 0 Å². The third kappa shape index (κ3) is 5.58. The van der Waals surface area contributed by atoms with E-state index in [0.717, 1.165) is 50.6 Å². The van der Waals surface area contributed by atoms with Gasteiger partial charge in [0.05, 0.1) is 11.6 Å². The van der Waals surface area contributed by atoms with E-state index >= 15 is 0 Å². The molecule has 6 atom stereocenters. The lowest BCUT2D eigenvalue weighted by Gasteiger charge is -2.23. The Morgan fingerprint density at radius 1 is 1.02 bits per heavy atom. The number of aliphatic carboxylic acids is 2. The summed E-state index contributed by atoms with van der Waals surface area (Å²) in [5.74, 6) is -1.68. The van der Waals surface area contributed by atoms with Gasteiger partial charge in [-0.05, 0) is 93.1 Å². The highest BCUT2D eigenvalue weighted by Gasteiger charge is 2.75. The predicted molar refractivity (Wildman–Crippen MR) is 173 cm³/mol. The van der Waals surface area contributed by atoms with Crippen molar-refractivity contribution in [3.8, 4) is 0 Å². The van der Waals surface area contributed by atoms with Crippen molar-refractivity contribution in [2.24, 2.45) is 11.8 Å². The number of H-pyrrole nitrogens is 1. The molecule has 4 aliphatic rings. The van der Waals surface area contributed by atoms with Gasteiger partial charge < -0.3 is 36.3 Å². The van der Waals surface area contributed by atoms with E-state index in [9.17, 15) is 29.7 Å². The fourth-order valence-electron chi connectivity index (χ4n) is 7.12. The average Bonchev–Trinajstić information content (AvgIpc) is 3.13. The molecule has 0 aromatic carbocycles. The number of carboxylic acids is 2. The van der Waals surface area contributed by atoms with Crippen LogP contribution in [0.5, 0.6) is 0 Å². The minimum Gasteiger partial charge on any atom is -0.495 e. The second-order valence-corrected chi connectivity index (χ2v) is 14.2. The van der Waals surface area contributed by atoms with E-state index in [2.05, 4.69) is 34.4 Å². The number of aliphatic hydroxyl groups is 1. The van der Waals surface area contributed by atoms with E-state index < -0.39 is 11.9 Å². The summed E-state index contributed by atoms with van der Waals surface area (Å²) in [7, 11) is 0. The molecule has 7 N–H and O–H groups in total. The highest BCUT2D eigenvalue weighted by atomic mass is 32.2. The lowest BCUT2D eigenvalue weighted by Crippen LogP contribution is -2.36. The van der Waals surface area contributed by atoms with Crippen LogP contribution < -0.4 is 16.0 Å². The van der Waals surface area contributed by atoms with Gasteiger partial charge in [0.25, 0.3) is 0 Å². The summed E-state index contributed by atoms with van der Waals surface area (Å²) in [4.78, 5) is 39.3. The maximum atomic E-state index is 12.6. The van der Waals surface area contributed by atoms with Crippen LogP contribution in [0.1, 0.15) is 75.9 Å². The molecule has 1 amide bonds. The molecule has 11 heteroatoms. The Labute approximate surface area is 261 Å². The van der Waals surface area contributed by atoms with Gasteiger partial charge in [0.1, 0.15) is 0 Å². The molecule has 2 unspecified atom stereocenters. The molecule has 4 aliphatic heterocycles. The Morgan fingerprint density at radius 3 is 2.27 bits per heavy atom. The van der Waals surface area contributed by atoms with Gasteiger partial charge >= 0.3 is 11.9 Å².